The molecule has 2 aromatic rings. The van der Waals surface area contributed by atoms with E-state index in [1.165, 1.54) is 4.90 Å². The maximum Gasteiger partial charge on any atom is 0.410 e. The Labute approximate surface area is 131 Å². The number of nitrogens with zero attached hydrogens (tertiary/aromatic N) is 5. The van der Waals surface area contributed by atoms with Crippen LogP contribution in [0.2, 0.25) is 0 Å². The van der Waals surface area contributed by atoms with Gasteiger partial charge >= 0.3 is 6.09 Å². The van der Waals surface area contributed by atoms with Gasteiger partial charge in [0.2, 0.25) is 17.6 Å². The number of nitrogens with one attached hydrogen (secondary N) is 1. The van der Waals surface area contributed by atoms with E-state index in [1.54, 1.807) is 10.9 Å². The van der Waals surface area contributed by atoms with Crippen LogP contribution in [0.3, 0.4) is 0 Å². The molecule has 0 aromatic carbocycles. The van der Waals surface area contributed by atoms with E-state index in [0.717, 1.165) is 12.1 Å². The molecular formula is C13H16N6O4. The largest absolute Gasteiger partial charge is 0.448 e. The Kier molecular flexibility index (Phi) is 4.22. The van der Waals surface area contributed by atoms with Crippen LogP contribution in [-0.2, 0) is 22.6 Å². The molecule has 10 nitrogen and oxygen atoms in total. The Hall–Kier alpha value is -2.91. The third-order valence-corrected chi connectivity index (χ3v) is 3.30. The average Bonchev–Trinajstić information content (AvgIpc) is 3.26. The van der Waals surface area contributed by atoms with Crippen LogP contribution < -0.4 is 5.32 Å². The first kappa shape index (κ1) is 15.0. The van der Waals surface area contributed by atoms with Gasteiger partial charge in [0, 0.05) is 12.7 Å². The van der Waals surface area contributed by atoms with Crippen molar-refractivity contribution in [1.82, 2.24) is 30.1 Å². The molecule has 2 aromatic heterocycles. The van der Waals surface area contributed by atoms with E-state index < -0.39 is 6.09 Å². The number of amides is 2. The van der Waals surface area contributed by atoms with Crippen LogP contribution in [0.15, 0.2) is 16.9 Å². The smallest absolute Gasteiger partial charge is 0.410 e. The van der Waals surface area contributed by atoms with Gasteiger partial charge in [-0.2, -0.15) is 10.1 Å². The maximum absolute atomic E-state index is 11.8. The quantitative estimate of drug-likeness (QED) is 0.797. The van der Waals surface area contributed by atoms with E-state index in [1.807, 2.05) is 13.1 Å². The molecule has 0 spiro atoms. The second-order valence-corrected chi connectivity index (χ2v) is 4.91. The Morgan fingerprint density at radius 1 is 1.48 bits per heavy atom. The fraction of sp³-hybridized carbons (Fsp3) is 0.462. The Bertz CT molecular complexity index is 709. The average molecular weight is 320 g/mol. The van der Waals surface area contributed by atoms with Gasteiger partial charge in [0.05, 0.1) is 24.8 Å². The summed E-state index contributed by atoms with van der Waals surface area (Å²) in [7, 11) is 0. The van der Waals surface area contributed by atoms with Crippen molar-refractivity contribution >= 4 is 12.0 Å². The van der Waals surface area contributed by atoms with Crippen molar-refractivity contribution in [1.29, 1.82) is 0 Å². The summed E-state index contributed by atoms with van der Waals surface area (Å²) >= 11 is 0. The number of aromatic nitrogens is 4. The van der Waals surface area contributed by atoms with E-state index in [9.17, 15) is 9.59 Å². The number of ether oxygens (including phenoxy) is 1. The van der Waals surface area contributed by atoms with E-state index in [-0.39, 0.29) is 24.9 Å². The standard InChI is InChI=1S/C13H16N6O4/c1-2-19-7-9(5-15-19)12-16-11(23-17-12)6-14-10(20)8-18-3-4-22-13(18)21/h5,7H,2-4,6,8H2,1H3,(H,14,20). The van der Waals surface area contributed by atoms with Crippen LogP contribution in [0.1, 0.15) is 12.8 Å². The number of hydrogen-bond donors (Lipinski definition) is 1. The molecule has 0 bridgehead atoms. The molecule has 3 heterocycles. The fourth-order valence-corrected chi connectivity index (χ4v) is 2.07. The molecule has 3 rings (SSSR count). The van der Waals surface area contributed by atoms with Crippen molar-refractivity contribution in [3.63, 3.8) is 0 Å². The highest BCUT2D eigenvalue weighted by Gasteiger charge is 2.24. The third kappa shape index (κ3) is 3.47. The first-order valence-corrected chi connectivity index (χ1v) is 7.19. The molecule has 1 aliphatic heterocycles. The molecule has 1 N–H and O–H groups in total. The van der Waals surface area contributed by atoms with Crippen molar-refractivity contribution in [2.24, 2.45) is 0 Å². The third-order valence-electron chi connectivity index (χ3n) is 3.30. The lowest BCUT2D eigenvalue weighted by atomic mass is 10.3. The number of carbonyl (C=O) groups excluding carboxylic acids is 2. The van der Waals surface area contributed by atoms with Gasteiger partial charge < -0.3 is 14.6 Å². The number of cyclic esters (lactones) is 1. The molecule has 1 saturated heterocycles. The van der Waals surface area contributed by atoms with Crippen LogP contribution in [0.5, 0.6) is 0 Å². The molecule has 23 heavy (non-hydrogen) atoms. The van der Waals surface area contributed by atoms with E-state index >= 15 is 0 Å². The van der Waals surface area contributed by atoms with E-state index in [0.29, 0.717) is 19.0 Å². The van der Waals surface area contributed by atoms with E-state index in [4.69, 9.17) is 9.26 Å². The summed E-state index contributed by atoms with van der Waals surface area (Å²) < 4.78 is 11.6. The zero-order valence-electron chi connectivity index (χ0n) is 12.6. The van der Waals surface area contributed by atoms with Crippen LogP contribution >= 0.6 is 0 Å². The molecule has 2 amide bonds. The second kappa shape index (κ2) is 6.46. The van der Waals surface area contributed by atoms with Gasteiger partial charge in [-0.15, -0.1) is 0 Å². The maximum atomic E-state index is 11.8. The lowest BCUT2D eigenvalue weighted by Gasteiger charge is -2.11. The second-order valence-electron chi connectivity index (χ2n) is 4.91. The Morgan fingerprint density at radius 3 is 3.04 bits per heavy atom. The summed E-state index contributed by atoms with van der Waals surface area (Å²) in [4.78, 5) is 28.5. The molecule has 0 atom stereocenters. The van der Waals surface area contributed by atoms with Crippen LogP contribution in [0, 0.1) is 0 Å². The van der Waals surface area contributed by atoms with Gasteiger partial charge in [0.25, 0.3) is 0 Å². The molecule has 0 aliphatic carbocycles. The van der Waals surface area contributed by atoms with Gasteiger partial charge in [-0.05, 0) is 6.92 Å². The van der Waals surface area contributed by atoms with Crippen LogP contribution in [-0.4, -0.2) is 56.5 Å². The van der Waals surface area contributed by atoms with Crippen molar-refractivity contribution in [2.45, 2.75) is 20.0 Å². The first-order valence-electron chi connectivity index (χ1n) is 7.19. The van der Waals surface area contributed by atoms with Gasteiger partial charge in [0.15, 0.2) is 0 Å². The lowest BCUT2D eigenvalue weighted by molar-refractivity contribution is -0.121. The summed E-state index contributed by atoms with van der Waals surface area (Å²) in [6.07, 6.45) is 2.98. The van der Waals surface area contributed by atoms with Gasteiger partial charge in [0.1, 0.15) is 13.2 Å². The summed E-state index contributed by atoms with van der Waals surface area (Å²) in [5.41, 5.74) is 0.744. The van der Waals surface area contributed by atoms with Crippen molar-refractivity contribution in [2.75, 3.05) is 19.7 Å². The summed E-state index contributed by atoms with van der Waals surface area (Å²) in [5.74, 6) is 0.376. The predicted octanol–water partition coefficient (Wildman–Crippen LogP) is 0.0214. The number of hydrogen-bond acceptors (Lipinski definition) is 7. The van der Waals surface area contributed by atoms with Gasteiger partial charge in [-0.1, -0.05) is 5.16 Å². The highest BCUT2D eigenvalue weighted by Crippen LogP contribution is 2.14. The highest BCUT2D eigenvalue weighted by atomic mass is 16.6. The predicted molar refractivity (Wildman–Crippen MR) is 76.0 cm³/mol. The molecule has 0 unspecified atom stereocenters. The number of carbonyl (C=O) groups is 2. The van der Waals surface area contributed by atoms with Crippen LogP contribution in [0.4, 0.5) is 4.79 Å². The molecule has 1 aliphatic rings. The summed E-state index contributed by atoms with van der Waals surface area (Å²) in [5, 5.41) is 10.6. The lowest BCUT2D eigenvalue weighted by Crippen LogP contribution is -2.37. The van der Waals surface area contributed by atoms with Gasteiger partial charge in [-0.3, -0.25) is 14.4 Å². The highest BCUT2D eigenvalue weighted by molar-refractivity contribution is 5.82. The minimum absolute atomic E-state index is 0.0525. The first-order chi connectivity index (χ1) is 11.2. The minimum Gasteiger partial charge on any atom is -0.448 e. The normalized spacial score (nSPS) is 14.1. The molecule has 0 radical (unpaired) electrons. The van der Waals surface area contributed by atoms with Gasteiger partial charge in [-0.25, -0.2) is 4.79 Å². The SMILES string of the molecule is CCn1cc(-c2noc(CNC(=O)CN3CCOC3=O)n2)cn1. The van der Waals surface area contributed by atoms with Crippen molar-refractivity contribution in [3.05, 3.63) is 18.3 Å². The van der Waals surface area contributed by atoms with Crippen molar-refractivity contribution < 1.29 is 18.8 Å². The Balaban J connectivity index is 1.52. The summed E-state index contributed by atoms with van der Waals surface area (Å²) in [6, 6.07) is 0. The van der Waals surface area contributed by atoms with E-state index in [2.05, 4.69) is 20.6 Å². The fourth-order valence-electron chi connectivity index (χ4n) is 2.07. The number of rotatable bonds is 6. The molecule has 10 heteroatoms. The van der Waals surface area contributed by atoms with Crippen LogP contribution in [0.25, 0.3) is 11.4 Å². The zero-order valence-corrected chi connectivity index (χ0v) is 12.6. The topological polar surface area (TPSA) is 115 Å². The zero-order chi connectivity index (χ0) is 16.2. The number of aryl methyl sites for hydroxylation is 1. The Morgan fingerprint density at radius 2 is 2.35 bits per heavy atom. The van der Waals surface area contributed by atoms with Crippen molar-refractivity contribution in [3.8, 4) is 11.4 Å². The molecule has 1 fully saturated rings. The summed E-state index contributed by atoms with van der Waals surface area (Å²) in [6.45, 7) is 3.49. The monoisotopic (exact) mass is 320 g/mol. The molecular weight excluding hydrogens is 304 g/mol. The molecule has 0 saturated carbocycles. The minimum atomic E-state index is -0.479. The molecule has 122 valence electrons.